The predicted molar refractivity (Wildman–Crippen MR) is 77.2 cm³/mol. The van der Waals surface area contributed by atoms with Crippen molar-refractivity contribution in [2.75, 3.05) is 0 Å². The minimum Gasteiger partial charge on any atom is -0.324 e. The molecule has 0 aromatic heterocycles. The summed E-state index contributed by atoms with van der Waals surface area (Å²) in [5, 5.41) is 0. The van der Waals surface area contributed by atoms with Crippen molar-refractivity contribution in [2.24, 2.45) is 11.7 Å². The van der Waals surface area contributed by atoms with Crippen molar-refractivity contribution in [3.8, 4) is 0 Å². The van der Waals surface area contributed by atoms with Crippen LogP contribution < -0.4 is 5.73 Å². The van der Waals surface area contributed by atoms with Crippen LogP contribution in [0.5, 0.6) is 0 Å². The Kier molecular flexibility index (Phi) is 6.38. The molecule has 132 valence electrons. The van der Waals surface area contributed by atoms with Crippen molar-refractivity contribution in [3.05, 3.63) is 34.9 Å². The van der Waals surface area contributed by atoms with Crippen molar-refractivity contribution in [1.82, 2.24) is 0 Å². The highest BCUT2D eigenvalue weighted by molar-refractivity contribution is 5.85. The molecule has 1 aliphatic carbocycles. The van der Waals surface area contributed by atoms with Gasteiger partial charge in [-0.3, -0.25) is 0 Å². The van der Waals surface area contributed by atoms with Crippen molar-refractivity contribution in [3.63, 3.8) is 0 Å². The summed E-state index contributed by atoms with van der Waals surface area (Å²) >= 11 is 0. The summed E-state index contributed by atoms with van der Waals surface area (Å²) in [6, 6.07) is 0.823. The topological polar surface area (TPSA) is 26.0 Å². The Morgan fingerprint density at radius 3 is 1.65 bits per heavy atom. The van der Waals surface area contributed by atoms with Crippen LogP contribution in [0, 0.1) is 5.92 Å². The largest absolute Gasteiger partial charge is 0.416 e. The average molecular weight is 362 g/mol. The minimum atomic E-state index is -4.83. The van der Waals surface area contributed by atoms with Crippen molar-refractivity contribution in [1.29, 1.82) is 0 Å². The lowest BCUT2D eigenvalue weighted by molar-refractivity contribution is -0.143. The average Bonchev–Trinajstić information content (AvgIpc) is 2.45. The maximum absolute atomic E-state index is 12.8. The summed E-state index contributed by atoms with van der Waals surface area (Å²) in [6.07, 6.45) is -5.35. The first-order valence-corrected chi connectivity index (χ1v) is 7.14. The fourth-order valence-corrected chi connectivity index (χ4v) is 2.94. The normalized spacial score (nSPS) is 18.4. The highest BCUT2D eigenvalue weighted by atomic mass is 35.5. The van der Waals surface area contributed by atoms with Crippen LogP contribution in [0.25, 0.3) is 0 Å². The maximum atomic E-state index is 12.8. The smallest absolute Gasteiger partial charge is 0.324 e. The number of halogens is 7. The van der Waals surface area contributed by atoms with Gasteiger partial charge in [-0.15, -0.1) is 12.4 Å². The van der Waals surface area contributed by atoms with Crippen LogP contribution in [0.4, 0.5) is 26.3 Å². The molecule has 1 aromatic carbocycles. The van der Waals surface area contributed by atoms with Gasteiger partial charge in [-0.05, 0) is 42.5 Å². The first kappa shape index (κ1) is 20.1. The third kappa shape index (κ3) is 5.01. The number of alkyl halides is 6. The molecule has 1 atom stereocenters. The summed E-state index contributed by atoms with van der Waals surface area (Å²) in [6.45, 7) is 0. The van der Waals surface area contributed by atoms with Crippen LogP contribution >= 0.6 is 12.4 Å². The molecule has 8 heteroatoms. The van der Waals surface area contributed by atoms with E-state index in [2.05, 4.69) is 0 Å². The van der Waals surface area contributed by atoms with Crippen LogP contribution in [-0.2, 0) is 12.4 Å². The molecule has 0 radical (unpaired) electrons. The van der Waals surface area contributed by atoms with Gasteiger partial charge in [0, 0.05) is 6.04 Å². The van der Waals surface area contributed by atoms with E-state index in [4.69, 9.17) is 5.73 Å². The Hall–Kier alpha value is -0.950. The number of rotatable bonds is 2. The third-order valence-electron chi connectivity index (χ3n) is 4.15. The Labute approximate surface area is 136 Å². The Morgan fingerprint density at radius 1 is 0.826 bits per heavy atom. The number of benzene rings is 1. The van der Waals surface area contributed by atoms with Gasteiger partial charge in [-0.25, -0.2) is 0 Å². The fourth-order valence-electron chi connectivity index (χ4n) is 2.94. The lowest BCUT2D eigenvalue weighted by Gasteiger charge is -2.28. The highest BCUT2D eigenvalue weighted by Crippen LogP contribution is 2.40. The molecule has 1 nitrogen and oxygen atoms in total. The van der Waals surface area contributed by atoms with Gasteiger partial charge in [0.05, 0.1) is 11.1 Å². The van der Waals surface area contributed by atoms with Gasteiger partial charge in [0.1, 0.15) is 0 Å². The first-order valence-electron chi connectivity index (χ1n) is 7.14. The van der Waals surface area contributed by atoms with E-state index in [1.54, 1.807) is 0 Å². The molecule has 0 unspecified atom stereocenters. The van der Waals surface area contributed by atoms with Crippen molar-refractivity contribution >= 4 is 12.4 Å². The van der Waals surface area contributed by atoms with Gasteiger partial charge in [-0.2, -0.15) is 26.3 Å². The fraction of sp³-hybridized carbons (Fsp3) is 0.600. The standard InChI is InChI=1S/C15H17F6N.ClH/c16-14(17,18)11-6-10(7-12(8-11)15(19,20)21)13(22)9-4-2-1-3-5-9;/h6-9,13H,1-5,22H2;1H/t13-;/m0./s1. The Balaban J connectivity index is 0.00000264. The highest BCUT2D eigenvalue weighted by Gasteiger charge is 2.37. The van der Waals surface area contributed by atoms with Crippen LogP contribution in [0.2, 0.25) is 0 Å². The van der Waals surface area contributed by atoms with E-state index >= 15 is 0 Å². The van der Waals surface area contributed by atoms with E-state index in [0.717, 1.165) is 44.2 Å². The summed E-state index contributed by atoms with van der Waals surface area (Å²) in [7, 11) is 0. The SMILES string of the molecule is Cl.N[C@H](c1cc(C(F)(F)F)cc(C(F)(F)F)c1)C1CCCCC1. The van der Waals surface area contributed by atoms with E-state index < -0.39 is 29.5 Å². The molecule has 0 amide bonds. The number of hydrogen-bond donors (Lipinski definition) is 1. The molecule has 1 fully saturated rings. The van der Waals surface area contributed by atoms with Gasteiger partial charge in [-0.1, -0.05) is 19.3 Å². The van der Waals surface area contributed by atoms with Gasteiger partial charge in [0.15, 0.2) is 0 Å². The molecule has 0 bridgehead atoms. The number of hydrogen-bond acceptors (Lipinski definition) is 1. The van der Waals surface area contributed by atoms with Gasteiger partial charge < -0.3 is 5.73 Å². The van der Waals surface area contributed by atoms with Crippen molar-refractivity contribution < 1.29 is 26.3 Å². The summed E-state index contributed by atoms with van der Waals surface area (Å²) in [5.41, 5.74) is 3.27. The van der Waals surface area contributed by atoms with Crippen LogP contribution in [-0.4, -0.2) is 0 Å². The monoisotopic (exact) mass is 361 g/mol. The lowest BCUT2D eigenvalue weighted by atomic mass is 9.81. The second-order valence-electron chi connectivity index (χ2n) is 5.76. The van der Waals surface area contributed by atoms with Crippen LogP contribution in [0.1, 0.15) is 54.8 Å². The van der Waals surface area contributed by atoms with E-state index in [0.29, 0.717) is 0 Å². The van der Waals surface area contributed by atoms with Crippen LogP contribution in [0.15, 0.2) is 18.2 Å². The molecule has 0 aliphatic heterocycles. The quantitative estimate of drug-likeness (QED) is 0.669. The minimum absolute atomic E-state index is 0. The molecule has 1 aliphatic rings. The van der Waals surface area contributed by atoms with Crippen LogP contribution in [0.3, 0.4) is 0 Å². The van der Waals surface area contributed by atoms with E-state index in [1.807, 2.05) is 0 Å². The zero-order chi connectivity index (χ0) is 16.5. The Bertz CT molecular complexity index is 487. The molecule has 0 heterocycles. The molecule has 23 heavy (non-hydrogen) atoms. The molecule has 2 N–H and O–H groups in total. The van der Waals surface area contributed by atoms with Crippen molar-refractivity contribution in [2.45, 2.75) is 50.5 Å². The molecule has 1 aromatic rings. The molecule has 0 spiro atoms. The predicted octanol–water partition coefficient (Wildman–Crippen LogP) is 5.73. The molecular weight excluding hydrogens is 344 g/mol. The van der Waals surface area contributed by atoms with Gasteiger partial charge >= 0.3 is 12.4 Å². The zero-order valence-corrected chi connectivity index (χ0v) is 13.0. The zero-order valence-electron chi connectivity index (χ0n) is 12.2. The third-order valence-corrected chi connectivity index (χ3v) is 4.15. The lowest BCUT2D eigenvalue weighted by Crippen LogP contribution is -2.24. The second kappa shape index (κ2) is 7.30. The summed E-state index contributed by atoms with van der Waals surface area (Å²) in [5.74, 6) is -0.0710. The van der Waals surface area contributed by atoms with E-state index in [1.165, 1.54) is 0 Å². The summed E-state index contributed by atoms with van der Waals surface area (Å²) in [4.78, 5) is 0. The molecule has 2 rings (SSSR count). The second-order valence-corrected chi connectivity index (χ2v) is 5.76. The Morgan fingerprint density at radius 2 is 1.26 bits per heavy atom. The van der Waals surface area contributed by atoms with E-state index in [-0.39, 0.29) is 30.0 Å². The maximum Gasteiger partial charge on any atom is 0.416 e. The number of nitrogens with two attached hydrogens (primary N) is 1. The molecule has 1 saturated carbocycles. The first-order chi connectivity index (χ1) is 10.1. The van der Waals surface area contributed by atoms with Gasteiger partial charge in [0.2, 0.25) is 0 Å². The molecule has 0 saturated heterocycles. The summed E-state index contributed by atoms with van der Waals surface area (Å²) < 4.78 is 77.0. The van der Waals surface area contributed by atoms with E-state index in [9.17, 15) is 26.3 Å². The molecular formula is C15H18ClF6N. The van der Waals surface area contributed by atoms with Gasteiger partial charge in [0.25, 0.3) is 0 Å².